The summed E-state index contributed by atoms with van der Waals surface area (Å²) in [4.78, 5) is 36.6. The molecule has 0 spiro atoms. The zero-order valence-electron chi connectivity index (χ0n) is 22.9. The quantitative estimate of drug-likeness (QED) is 0.138. The summed E-state index contributed by atoms with van der Waals surface area (Å²) in [5.41, 5.74) is 2.80. The smallest absolute Gasteiger partial charge is 0.325 e. The molecule has 1 aromatic heterocycles. The van der Waals surface area contributed by atoms with Crippen molar-refractivity contribution in [2.75, 3.05) is 13.2 Å². The summed E-state index contributed by atoms with van der Waals surface area (Å²) in [6, 6.07) is 18.7. The van der Waals surface area contributed by atoms with E-state index in [1.807, 2.05) is 59.8 Å². The fourth-order valence-electron chi connectivity index (χ4n) is 5.07. The van der Waals surface area contributed by atoms with Crippen LogP contribution in [-0.2, 0) is 4.79 Å². The number of amides is 3. The summed E-state index contributed by atoms with van der Waals surface area (Å²) in [5, 5.41) is 21.3. The van der Waals surface area contributed by atoms with Crippen molar-refractivity contribution in [3.8, 4) is 17.0 Å². The van der Waals surface area contributed by atoms with Crippen LogP contribution in [0.1, 0.15) is 47.6 Å². The van der Waals surface area contributed by atoms with Crippen molar-refractivity contribution < 1.29 is 28.9 Å². The summed E-state index contributed by atoms with van der Waals surface area (Å²) in [6.07, 6.45) is -1.01. The number of imide groups is 1. The van der Waals surface area contributed by atoms with E-state index in [2.05, 4.69) is 10.3 Å². The number of aryl methyl sites for hydroxylation is 1. The summed E-state index contributed by atoms with van der Waals surface area (Å²) < 4.78 is 21.1. The zero-order chi connectivity index (χ0) is 30.0. The molecule has 1 fully saturated rings. The van der Waals surface area contributed by atoms with Gasteiger partial charge in [0.25, 0.3) is 5.91 Å². The number of aromatic amines is 1. The predicted molar refractivity (Wildman–Crippen MR) is 162 cm³/mol. The Balaban J connectivity index is 1.49. The van der Waals surface area contributed by atoms with E-state index in [1.54, 1.807) is 43.3 Å². The topological polar surface area (TPSA) is 128 Å². The Labute approximate surface area is 255 Å². The van der Waals surface area contributed by atoms with Crippen LogP contribution < -0.4 is 10.1 Å². The minimum atomic E-state index is -1.01. The number of rotatable bonds is 10. The largest absolute Gasteiger partial charge is 0.491 e. The van der Waals surface area contributed by atoms with E-state index in [-0.39, 0.29) is 12.5 Å². The molecule has 0 bridgehead atoms. The maximum atomic E-state index is 14.9. The fraction of sp³-hybridized carbons (Fsp3) is 0.258. The monoisotopic (exact) mass is 684 g/mol. The molecule has 11 heteroatoms. The summed E-state index contributed by atoms with van der Waals surface area (Å²) in [7, 11) is 0. The zero-order valence-corrected chi connectivity index (χ0v) is 25.1. The van der Waals surface area contributed by atoms with Gasteiger partial charge in [0.15, 0.2) is 0 Å². The maximum Gasteiger partial charge on any atom is 0.325 e. The first-order valence-electron chi connectivity index (χ1n) is 13.4. The van der Waals surface area contributed by atoms with Crippen LogP contribution in [0.15, 0.2) is 72.8 Å². The molecule has 3 amide bonds. The van der Waals surface area contributed by atoms with Gasteiger partial charge in [-0.25, -0.2) is 14.2 Å². The number of hydrogen-bond donors (Lipinski definition) is 4. The lowest BCUT2D eigenvalue weighted by molar-refractivity contribution is -0.129. The Hall–Kier alpha value is -3.81. The molecule has 0 saturated carbocycles. The molecule has 218 valence electrons. The fourth-order valence-corrected chi connectivity index (χ4v) is 5.53. The van der Waals surface area contributed by atoms with Gasteiger partial charge in [0.2, 0.25) is 0 Å². The van der Waals surface area contributed by atoms with Gasteiger partial charge < -0.3 is 25.3 Å². The van der Waals surface area contributed by atoms with Gasteiger partial charge in [-0.1, -0.05) is 49.4 Å². The van der Waals surface area contributed by atoms with Crippen molar-refractivity contribution >= 4 is 34.5 Å². The van der Waals surface area contributed by atoms with Crippen LogP contribution in [0.3, 0.4) is 0 Å². The lowest BCUT2D eigenvalue weighted by Crippen LogP contribution is -2.38. The lowest BCUT2D eigenvalue weighted by Gasteiger charge is -2.29. The van der Waals surface area contributed by atoms with Gasteiger partial charge in [-0.05, 0) is 71.0 Å². The number of hydrogen-bond acceptors (Lipinski definition) is 6. The molecule has 5 rings (SSSR count). The van der Waals surface area contributed by atoms with Gasteiger partial charge in [0.1, 0.15) is 42.2 Å². The number of H-pyrrole nitrogens is 1. The highest BCUT2D eigenvalue weighted by molar-refractivity contribution is 14.1. The Kier molecular flexibility index (Phi) is 8.90. The Morgan fingerprint density at radius 3 is 2.48 bits per heavy atom. The number of aliphatic hydroxyl groups excluding tert-OH is 2. The van der Waals surface area contributed by atoms with Gasteiger partial charge in [-0.3, -0.25) is 9.69 Å². The van der Waals surface area contributed by atoms with Crippen LogP contribution in [0.25, 0.3) is 11.3 Å². The highest BCUT2D eigenvalue weighted by atomic mass is 127. The second kappa shape index (κ2) is 12.6. The molecule has 3 aromatic carbocycles. The number of carbonyl (C=O) groups excluding carboxylic acids is 2. The van der Waals surface area contributed by atoms with Crippen molar-refractivity contribution in [1.29, 1.82) is 0 Å². The first-order chi connectivity index (χ1) is 20.2. The molecule has 1 aliphatic heterocycles. The van der Waals surface area contributed by atoms with E-state index >= 15 is 0 Å². The van der Waals surface area contributed by atoms with Crippen molar-refractivity contribution in [3.63, 3.8) is 0 Å². The molecule has 2 heterocycles. The number of imidazole rings is 1. The van der Waals surface area contributed by atoms with E-state index in [0.29, 0.717) is 34.1 Å². The number of nitrogens with zero attached hydrogens (tertiary/aromatic N) is 2. The number of halogens is 2. The van der Waals surface area contributed by atoms with Crippen LogP contribution >= 0.6 is 22.6 Å². The van der Waals surface area contributed by atoms with E-state index in [9.17, 15) is 19.1 Å². The van der Waals surface area contributed by atoms with Gasteiger partial charge >= 0.3 is 6.03 Å². The van der Waals surface area contributed by atoms with Crippen molar-refractivity contribution in [2.45, 2.75) is 38.0 Å². The SMILES string of the molecule is Cc1[nH]c([C@H]([C@@H](C)c2ccccc2)N2C(=O)N[C@H](c3ccc(OC[C@@H](O)CO)cc3)C2=O)nc1-c1ccc(I)cc1F. The molecular formula is C31H30FIN4O5. The molecule has 4 N–H and O–H groups in total. The van der Waals surface area contributed by atoms with Crippen molar-refractivity contribution in [1.82, 2.24) is 20.2 Å². The minimum absolute atomic E-state index is 0.0849. The molecule has 9 nitrogen and oxygen atoms in total. The number of urea groups is 1. The molecule has 4 aromatic rings. The first-order valence-corrected chi connectivity index (χ1v) is 14.5. The maximum absolute atomic E-state index is 14.9. The average molecular weight is 685 g/mol. The lowest BCUT2D eigenvalue weighted by atomic mass is 9.91. The van der Waals surface area contributed by atoms with Crippen LogP contribution in [0, 0.1) is 16.3 Å². The molecule has 42 heavy (non-hydrogen) atoms. The van der Waals surface area contributed by atoms with Crippen LogP contribution in [-0.4, -0.2) is 56.3 Å². The van der Waals surface area contributed by atoms with Gasteiger partial charge in [-0.2, -0.15) is 0 Å². The molecular weight excluding hydrogens is 654 g/mol. The molecule has 1 saturated heterocycles. The first kappa shape index (κ1) is 29.7. The molecule has 0 aliphatic carbocycles. The Morgan fingerprint density at radius 1 is 1.10 bits per heavy atom. The van der Waals surface area contributed by atoms with Crippen LogP contribution in [0.4, 0.5) is 9.18 Å². The summed E-state index contributed by atoms with van der Waals surface area (Å²) in [6.45, 7) is 3.20. The highest BCUT2D eigenvalue weighted by Gasteiger charge is 2.46. The van der Waals surface area contributed by atoms with Crippen LogP contribution in [0.5, 0.6) is 5.75 Å². The third kappa shape index (κ3) is 6.03. The molecule has 4 atom stereocenters. The predicted octanol–water partition coefficient (Wildman–Crippen LogP) is 5.00. The number of benzene rings is 3. The second-order valence-electron chi connectivity index (χ2n) is 10.2. The standard InChI is InChI=1S/C31H30FIN4O5/c1-17(19-6-4-3-5-7-19)28(29-34-18(2)26(35-29)24-13-10-21(33)14-25(24)32)37-30(40)27(36-31(37)41)20-8-11-23(12-9-20)42-16-22(39)15-38/h3-14,17,22,27-28,38-39H,15-16H2,1-2H3,(H,34,35)(H,36,41)/t17-,22-,27+,28-/m0/s1. The number of nitrogens with one attached hydrogen (secondary N) is 2. The van der Waals surface area contributed by atoms with Crippen LogP contribution in [0.2, 0.25) is 0 Å². The average Bonchev–Trinajstić information content (AvgIpc) is 3.51. The normalized spacial score (nSPS) is 17.2. The highest BCUT2D eigenvalue weighted by Crippen LogP contribution is 2.40. The second-order valence-corrected chi connectivity index (χ2v) is 11.4. The molecule has 0 radical (unpaired) electrons. The Morgan fingerprint density at radius 2 is 1.81 bits per heavy atom. The van der Waals surface area contributed by atoms with Crippen molar-refractivity contribution in [3.05, 3.63) is 105 Å². The Bertz CT molecular complexity index is 1580. The minimum Gasteiger partial charge on any atom is -0.491 e. The third-order valence-electron chi connectivity index (χ3n) is 7.28. The summed E-state index contributed by atoms with van der Waals surface area (Å²) in [5.74, 6) is -0.408. The van der Waals surface area contributed by atoms with E-state index in [1.165, 1.54) is 11.0 Å². The third-order valence-corrected chi connectivity index (χ3v) is 7.96. The number of aliphatic hydroxyl groups is 2. The van der Waals surface area contributed by atoms with Gasteiger partial charge in [0.05, 0.1) is 12.3 Å². The molecule has 0 unspecified atom stereocenters. The van der Waals surface area contributed by atoms with Gasteiger partial charge in [0, 0.05) is 20.7 Å². The number of ether oxygens (including phenoxy) is 1. The summed E-state index contributed by atoms with van der Waals surface area (Å²) >= 11 is 2.04. The number of aromatic nitrogens is 2. The molecule has 1 aliphatic rings. The van der Waals surface area contributed by atoms with E-state index in [0.717, 1.165) is 9.13 Å². The number of carbonyl (C=O) groups is 2. The van der Waals surface area contributed by atoms with Crippen molar-refractivity contribution in [2.24, 2.45) is 0 Å². The van der Waals surface area contributed by atoms with Gasteiger partial charge in [-0.15, -0.1) is 0 Å². The van der Waals surface area contributed by atoms with E-state index < -0.39 is 42.6 Å². The van der Waals surface area contributed by atoms with E-state index in [4.69, 9.17) is 14.8 Å².